The molecule has 1 aromatic carbocycles. The summed E-state index contributed by atoms with van der Waals surface area (Å²) in [5.41, 5.74) is 9.04. The summed E-state index contributed by atoms with van der Waals surface area (Å²) < 4.78 is 0. The number of aryl methyl sites for hydroxylation is 1. The highest BCUT2D eigenvalue weighted by Gasteiger charge is 2.61. The van der Waals surface area contributed by atoms with Crippen molar-refractivity contribution >= 4 is 5.91 Å². The maximum absolute atomic E-state index is 13.2. The van der Waals surface area contributed by atoms with Gasteiger partial charge < -0.3 is 10.6 Å². The van der Waals surface area contributed by atoms with Crippen LogP contribution < -0.4 is 5.73 Å². The van der Waals surface area contributed by atoms with Gasteiger partial charge in [0, 0.05) is 30.5 Å². The molecule has 1 amide bonds. The van der Waals surface area contributed by atoms with E-state index in [1.807, 2.05) is 0 Å². The van der Waals surface area contributed by atoms with Gasteiger partial charge in [0.1, 0.15) is 0 Å². The van der Waals surface area contributed by atoms with Crippen molar-refractivity contribution < 1.29 is 4.79 Å². The van der Waals surface area contributed by atoms with Crippen molar-refractivity contribution in [3.63, 3.8) is 0 Å². The molecule has 1 aromatic rings. The number of nitrogens with two attached hydrogens (primary N) is 1. The van der Waals surface area contributed by atoms with Crippen molar-refractivity contribution in [1.29, 1.82) is 0 Å². The van der Waals surface area contributed by atoms with Crippen molar-refractivity contribution in [1.82, 2.24) is 4.90 Å². The first kappa shape index (κ1) is 15.2. The molecule has 1 spiro atoms. The minimum atomic E-state index is 0.147. The van der Waals surface area contributed by atoms with E-state index < -0.39 is 0 Å². The van der Waals surface area contributed by atoms with Gasteiger partial charge in [-0.3, -0.25) is 4.79 Å². The van der Waals surface area contributed by atoms with Gasteiger partial charge in [-0.15, -0.1) is 0 Å². The summed E-state index contributed by atoms with van der Waals surface area (Å²) in [7, 11) is 0. The van der Waals surface area contributed by atoms with Gasteiger partial charge in [-0.1, -0.05) is 31.2 Å². The summed E-state index contributed by atoms with van der Waals surface area (Å²) in [5.74, 6) is 1.27. The lowest BCUT2D eigenvalue weighted by molar-refractivity contribution is -0.137. The van der Waals surface area contributed by atoms with Gasteiger partial charge >= 0.3 is 0 Å². The summed E-state index contributed by atoms with van der Waals surface area (Å²) in [6, 6.07) is 9.04. The van der Waals surface area contributed by atoms with Crippen molar-refractivity contribution in [3.8, 4) is 0 Å². The van der Waals surface area contributed by atoms with Crippen LogP contribution in [0, 0.1) is 11.8 Å². The summed E-state index contributed by atoms with van der Waals surface area (Å²) in [4.78, 5) is 15.3. The average Bonchev–Trinajstić information content (AvgIpc) is 3.29. The molecular weight excluding hydrogens is 284 g/mol. The monoisotopic (exact) mass is 312 g/mol. The number of piperidine rings is 1. The Morgan fingerprint density at radius 3 is 3.04 bits per heavy atom. The van der Waals surface area contributed by atoms with Crippen LogP contribution in [-0.4, -0.2) is 29.9 Å². The molecule has 23 heavy (non-hydrogen) atoms. The van der Waals surface area contributed by atoms with Crippen LogP contribution in [0.15, 0.2) is 24.3 Å². The molecule has 2 aliphatic carbocycles. The third-order valence-electron chi connectivity index (χ3n) is 6.53. The first-order valence-corrected chi connectivity index (χ1v) is 9.24. The molecule has 0 aromatic heterocycles. The van der Waals surface area contributed by atoms with E-state index in [1.54, 1.807) is 0 Å². The molecule has 4 rings (SSSR count). The molecule has 1 aliphatic heterocycles. The zero-order valence-corrected chi connectivity index (χ0v) is 14.1. The molecule has 124 valence electrons. The Bertz CT molecular complexity index is 613. The zero-order chi connectivity index (χ0) is 16.0. The maximum Gasteiger partial charge on any atom is 0.226 e. The molecule has 3 heteroatoms. The van der Waals surface area contributed by atoms with Crippen LogP contribution in [0.5, 0.6) is 0 Å². The topological polar surface area (TPSA) is 46.3 Å². The molecule has 1 saturated carbocycles. The number of hydrogen-bond acceptors (Lipinski definition) is 2. The van der Waals surface area contributed by atoms with Gasteiger partial charge in [-0.2, -0.15) is 0 Å². The minimum Gasteiger partial charge on any atom is -0.338 e. The fourth-order valence-electron chi connectivity index (χ4n) is 5.12. The third-order valence-corrected chi connectivity index (χ3v) is 6.53. The number of benzene rings is 1. The Balaban J connectivity index is 1.56. The van der Waals surface area contributed by atoms with Crippen molar-refractivity contribution in [2.24, 2.45) is 17.6 Å². The van der Waals surface area contributed by atoms with Gasteiger partial charge in [0.2, 0.25) is 5.91 Å². The zero-order valence-electron chi connectivity index (χ0n) is 14.1. The molecule has 0 bridgehead atoms. The van der Waals surface area contributed by atoms with Gasteiger partial charge in [-0.25, -0.2) is 0 Å². The first-order valence-electron chi connectivity index (χ1n) is 9.24. The lowest BCUT2D eigenvalue weighted by atomic mass is 9.78. The summed E-state index contributed by atoms with van der Waals surface area (Å²) in [5, 5.41) is 0. The molecule has 4 unspecified atom stereocenters. The van der Waals surface area contributed by atoms with Crippen LogP contribution in [-0.2, 0) is 16.6 Å². The number of hydrogen-bond donors (Lipinski definition) is 1. The number of amides is 1. The van der Waals surface area contributed by atoms with E-state index >= 15 is 0 Å². The molecule has 3 aliphatic rings. The lowest BCUT2D eigenvalue weighted by Gasteiger charge is -2.39. The smallest absolute Gasteiger partial charge is 0.226 e. The maximum atomic E-state index is 13.2. The fourth-order valence-corrected chi connectivity index (χ4v) is 5.12. The van der Waals surface area contributed by atoms with Gasteiger partial charge in [0.25, 0.3) is 0 Å². The normalized spacial score (nSPS) is 35.9. The molecule has 2 fully saturated rings. The fraction of sp³-hybridized carbons (Fsp3) is 0.650. The average molecular weight is 312 g/mol. The highest BCUT2D eigenvalue weighted by molar-refractivity contribution is 5.85. The quantitative estimate of drug-likeness (QED) is 0.913. The second-order valence-corrected chi connectivity index (χ2v) is 7.97. The number of carbonyl (C=O) groups excluding carboxylic acids is 1. The van der Waals surface area contributed by atoms with E-state index in [-0.39, 0.29) is 17.4 Å². The predicted molar refractivity (Wildman–Crippen MR) is 92.1 cm³/mol. The van der Waals surface area contributed by atoms with E-state index in [4.69, 9.17) is 5.73 Å². The van der Waals surface area contributed by atoms with E-state index in [0.717, 1.165) is 25.8 Å². The Morgan fingerprint density at radius 1 is 1.39 bits per heavy atom. The number of nitrogens with zero attached hydrogens (tertiary/aromatic N) is 1. The number of rotatable bonds is 2. The second-order valence-electron chi connectivity index (χ2n) is 7.97. The van der Waals surface area contributed by atoms with Crippen LogP contribution >= 0.6 is 0 Å². The molecule has 3 nitrogen and oxygen atoms in total. The third kappa shape index (κ3) is 2.40. The Hall–Kier alpha value is -1.35. The predicted octanol–water partition coefficient (Wildman–Crippen LogP) is 2.87. The standard InChI is InChI=1S/C20H28N2O/c1-14-8-10-22(16(11-14)13-21)19(23)18-12-20(18)9-4-6-15-5-2-3-7-17(15)20/h2-3,5,7,14,16,18H,4,6,8-13,21H2,1H3. The lowest BCUT2D eigenvalue weighted by Crippen LogP contribution is -2.50. The summed E-state index contributed by atoms with van der Waals surface area (Å²) >= 11 is 0. The van der Waals surface area contributed by atoms with Crippen LogP contribution in [0.2, 0.25) is 0 Å². The molecule has 2 N–H and O–H groups in total. The highest BCUT2D eigenvalue weighted by atomic mass is 16.2. The number of likely N-dealkylation sites (tertiary alicyclic amines) is 1. The summed E-state index contributed by atoms with van der Waals surface area (Å²) in [6.45, 7) is 3.78. The van der Waals surface area contributed by atoms with Gasteiger partial charge in [0.05, 0.1) is 0 Å². The van der Waals surface area contributed by atoms with E-state index in [2.05, 4.69) is 36.1 Å². The Labute approximate surface area is 139 Å². The Kier molecular flexibility index (Phi) is 3.72. The largest absolute Gasteiger partial charge is 0.338 e. The van der Waals surface area contributed by atoms with Crippen LogP contribution in [0.25, 0.3) is 0 Å². The molecule has 1 heterocycles. The molecule has 1 saturated heterocycles. The van der Waals surface area contributed by atoms with E-state index in [1.165, 1.54) is 30.4 Å². The minimum absolute atomic E-state index is 0.147. The molecule has 4 atom stereocenters. The van der Waals surface area contributed by atoms with Gasteiger partial charge in [-0.05, 0) is 55.6 Å². The highest BCUT2D eigenvalue weighted by Crippen LogP contribution is 2.61. The van der Waals surface area contributed by atoms with Crippen LogP contribution in [0.1, 0.15) is 50.2 Å². The van der Waals surface area contributed by atoms with Crippen molar-refractivity contribution in [3.05, 3.63) is 35.4 Å². The number of fused-ring (bicyclic) bond motifs is 2. The SMILES string of the molecule is CC1CCN(C(=O)C2CC23CCCc2ccccc23)C(CN)C1. The number of carbonyl (C=O) groups is 1. The molecule has 0 radical (unpaired) electrons. The first-order chi connectivity index (χ1) is 11.2. The van der Waals surface area contributed by atoms with E-state index in [9.17, 15) is 4.79 Å². The summed E-state index contributed by atoms with van der Waals surface area (Å²) in [6.07, 6.45) is 6.81. The Morgan fingerprint density at radius 2 is 2.22 bits per heavy atom. The van der Waals surface area contributed by atoms with E-state index in [0.29, 0.717) is 18.4 Å². The van der Waals surface area contributed by atoms with Gasteiger partial charge in [0.15, 0.2) is 0 Å². The van der Waals surface area contributed by atoms with Crippen LogP contribution in [0.4, 0.5) is 0 Å². The second kappa shape index (κ2) is 5.62. The van der Waals surface area contributed by atoms with Crippen LogP contribution in [0.3, 0.4) is 0 Å². The van der Waals surface area contributed by atoms with Crippen molar-refractivity contribution in [2.45, 2.75) is 56.9 Å². The van der Waals surface area contributed by atoms with Crippen molar-refractivity contribution in [2.75, 3.05) is 13.1 Å². The molecular formula is C20H28N2O.